The number of hydrogen-bond acceptors (Lipinski definition) is 3. The van der Waals surface area contributed by atoms with Crippen LogP contribution >= 0.6 is 0 Å². The topological polar surface area (TPSA) is 49.6 Å². The van der Waals surface area contributed by atoms with Gasteiger partial charge in [-0.25, -0.2) is 8.78 Å². The highest BCUT2D eigenvalue weighted by Gasteiger charge is 2.21. The standard InChI is InChI=1S/C15H21F2N3O/c16-13-9-12(10-14(17)11-13)15(21)20-6-2-5-19(7-8-20)4-1-3-18/h9-11H,1-8,18H2. The number of amides is 1. The normalized spacial score (nSPS) is 16.8. The third-order valence-electron chi connectivity index (χ3n) is 3.66. The van der Waals surface area contributed by atoms with Gasteiger partial charge in [0.25, 0.3) is 5.91 Å². The van der Waals surface area contributed by atoms with Crippen molar-refractivity contribution in [2.24, 2.45) is 5.73 Å². The van der Waals surface area contributed by atoms with Gasteiger partial charge in [0.05, 0.1) is 0 Å². The van der Waals surface area contributed by atoms with Crippen molar-refractivity contribution in [1.82, 2.24) is 9.80 Å². The summed E-state index contributed by atoms with van der Waals surface area (Å²) < 4.78 is 26.4. The average molecular weight is 297 g/mol. The van der Waals surface area contributed by atoms with E-state index in [1.807, 2.05) is 0 Å². The molecule has 116 valence electrons. The third kappa shape index (κ3) is 4.47. The second kappa shape index (κ2) is 7.47. The van der Waals surface area contributed by atoms with Crippen LogP contribution in [-0.2, 0) is 0 Å². The summed E-state index contributed by atoms with van der Waals surface area (Å²) in [5, 5.41) is 0. The van der Waals surface area contributed by atoms with Gasteiger partial charge in [0.1, 0.15) is 11.6 Å². The van der Waals surface area contributed by atoms with Crippen molar-refractivity contribution in [3.8, 4) is 0 Å². The number of benzene rings is 1. The van der Waals surface area contributed by atoms with Gasteiger partial charge in [0.2, 0.25) is 0 Å². The molecule has 2 rings (SSSR count). The minimum absolute atomic E-state index is 0.0721. The smallest absolute Gasteiger partial charge is 0.254 e. The lowest BCUT2D eigenvalue weighted by molar-refractivity contribution is 0.0760. The SMILES string of the molecule is NCCCN1CCCN(C(=O)c2cc(F)cc(F)c2)CC1. The number of rotatable bonds is 4. The molecule has 1 aromatic rings. The minimum atomic E-state index is -0.724. The number of nitrogens with zero attached hydrogens (tertiary/aromatic N) is 2. The predicted molar refractivity (Wildman–Crippen MR) is 77.0 cm³/mol. The minimum Gasteiger partial charge on any atom is -0.337 e. The van der Waals surface area contributed by atoms with Gasteiger partial charge < -0.3 is 15.5 Å². The molecular formula is C15H21F2N3O. The van der Waals surface area contributed by atoms with Crippen LogP contribution in [0.3, 0.4) is 0 Å². The van der Waals surface area contributed by atoms with Gasteiger partial charge in [0.15, 0.2) is 0 Å². The van der Waals surface area contributed by atoms with E-state index >= 15 is 0 Å². The molecule has 2 N–H and O–H groups in total. The molecule has 4 nitrogen and oxygen atoms in total. The van der Waals surface area contributed by atoms with E-state index < -0.39 is 11.6 Å². The zero-order valence-corrected chi connectivity index (χ0v) is 12.0. The molecule has 0 unspecified atom stereocenters. The molecule has 0 bridgehead atoms. The van der Waals surface area contributed by atoms with Crippen molar-refractivity contribution >= 4 is 5.91 Å². The number of carbonyl (C=O) groups is 1. The fraction of sp³-hybridized carbons (Fsp3) is 0.533. The van der Waals surface area contributed by atoms with Gasteiger partial charge in [-0.05, 0) is 44.6 Å². The zero-order valence-electron chi connectivity index (χ0n) is 12.0. The number of hydrogen-bond donors (Lipinski definition) is 1. The molecular weight excluding hydrogens is 276 g/mol. The van der Waals surface area contributed by atoms with Crippen LogP contribution in [0.1, 0.15) is 23.2 Å². The largest absolute Gasteiger partial charge is 0.337 e. The Hall–Kier alpha value is -1.53. The Kier molecular flexibility index (Phi) is 5.64. The molecule has 0 atom stereocenters. The maximum Gasteiger partial charge on any atom is 0.254 e. The van der Waals surface area contributed by atoms with Gasteiger partial charge in [-0.15, -0.1) is 0 Å². The lowest BCUT2D eigenvalue weighted by atomic mass is 10.2. The van der Waals surface area contributed by atoms with E-state index in [2.05, 4.69) is 4.90 Å². The molecule has 0 aliphatic carbocycles. The van der Waals surface area contributed by atoms with E-state index in [9.17, 15) is 13.6 Å². The highest BCUT2D eigenvalue weighted by Crippen LogP contribution is 2.13. The van der Waals surface area contributed by atoms with Crippen LogP contribution in [0.2, 0.25) is 0 Å². The molecule has 1 aromatic carbocycles. The predicted octanol–water partition coefficient (Wildman–Crippen LogP) is 1.46. The Balaban J connectivity index is 1.99. The molecule has 0 spiro atoms. The highest BCUT2D eigenvalue weighted by atomic mass is 19.1. The van der Waals surface area contributed by atoms with Gasteiger partial charge >= 0.3 is 0 Å². The molecule has 1 saturated heterocycles. The van der Waals surface area contributed by atoms with E-state index in [-0.39, 0.29) is 11.5 Å². The number of halogens is 2. The van der Waals surface area contributed by atoms with Crippen LogP contribution in [0.5, 0.6) is 0 Å². The molecule has 21 heavy (non-hydrogen) atoms. The molecule has 1 heterocycles. The lowest BCUT2D eigenvalue weighted by Crippen LogP contribution is -2.35. The summed E-state index contributed by atoms with van der Waals surface area (Å²) in [4.78, 5) is 16.3. The number of carbonyl (C=O) groups excluding carboxylic acids is 1. The summed E-state index contributed by atoms with van der Waals surface area (Å²) in [6, 6.07) is 2.94. The van der Waals surface area contributed by atoms with Crippen LogP contribution < -0.4 is 5.73 Å². The lowest BCUT2D eigenvalue weighted by Gasteiger charge is -2.22. The second-order valence-electron chi connectivity index (χ2n) is 5.29. The van der Waals surface area contributed by atoms with Crippen LogP contribution in [0.25, 0.3) is 0 Å². The van der Waals surface area contributed by atoms with Gasteiger partial charge in [-0.3, -0.25) is 4.79 Å². The summed E-state index contributed by atoms with van der Waals surface area (Å²) in [7, 11) is 0. The van der Waals surface area contributed by atoms with E-state index in [0.717, 1.165) is 50.7 Å². The quantitative estimate of drug-likeness (QED) is 0.915. The summed E-state index contributed by atoms with van der Waals surface area (Å²) in [5.74, 6) is -1.76. The Morgan fingerprint density at radius 3 is 2.48 bits per heavy atom. The Bertz CT molecular complexity index is 476. The van der Waals surface area contributed by atoms with Crippen molar-refractivity contribution in [1.29, 1.82) is 0 Å². The van der Waals surface area contributed by atoms with E-state index in [1.54, 1.807) is 4.90 Å². The molecule has 0 aromatic heterocycles. The molecule has 1 aliphatic heterocycles. The first-order chi connectivity index (χ1) is 10.1. The average Bonchev–Trinajstić information content (AvgIpc) is 2.68. The van der Waals surface area contributed by atoms with Crippen LogP contribution in [-0.4, -0.2) is 55.0 Å². The van der Waals surface area contributed by atoms with Crippen LogP contribution in [0, 0.1) is 11.6 Å². The first-order valence-electron chi connectivity index (χ1n) is 7.28. The molecule has 6 heteroatoms. The first kappa shape index (κ1) is 15.9. The van der Waals surface area contributed by atoms with E-state index in [1.165, 1.54) is 0 Å². The summed E-state index contributed by atoms with van der Waals surface area (Å²) in [6.45, 7) is 4.44. The van der Waals surface area contributed by atoms with Crippen LogP contribution in [0.15, 0.2) is 18.2 Å². The maximum atomic E-state index is 13.2. The van der Waals surface area contributed by atoms with Crippen molar-refractivity contribution in [2.75, 3.05) is 39.3 Å². The fourth-order valence-electron chi connectivity index (χ4n) is 2.57. The fourth-order valence-corrected chi connectivity index (χ4v) is 2.57. The molecule has 1 amide bonds. The Morgan fingerprint density at radius 1 is 1.10 bits per heavy atom. The Morgan fingerprint density at radius 2 is 1.81 bits per heavy atom. The van der Waals surface area contributed by atoms with Gasteiger partial charge in [-0.1, -0.05) is 0 Å². The van der Waals surface area contributed by atoms with Crippen molar-refractivity contribution in [3.05, 3.63) is 35.4 Å². The van der Waals surface area contributed by atoms with Crippen LogP contribution in [0.4, 0.5) is 8.78 Å². The molecule has 1 fully saturated rings. The monoisotopic (exact) mass is 297 g/mol. The molecule has 1 aliphatic rings. The summed E-state index contributed by atoms with van der Waals surface area (Å²) in [5.41, 5.74) is 5.57. The zero-order chi connectivity index (χ0) is 15.2. The second-order valence-corrected chi connectivity index (χ2v) is 5.29. The van der Waals surface area contributed by atoms with Gasteiger partial charge in [0, 0.05) is 31.3 Å². The van der Waals surface area contributed by atoms with E-state index in [0.29, 0.717) is 19.6 Å². The first-order valence-corrected chi connectivity index (χ1v) is 7.28. The van der Waals surface area contributed by atoms with Gasteiger partial charge in [-0.2, -0.15) is 0 Å². The Labute approximate surface area is 123 Å². The third-order valence-corrected chi connectivity index (χ3v) is 3.66. The number of nitrogens with two attached hydrogens (primary N) is 1. The molecule has 0 radical (unpaired) electrons. The highest BCUT2D eigenvalue weighted by molar-refractivity contribution is 5.94. The van der Waals surface area contributed by atoms with E-state index in [4.69, 9.17) is 5.73 Å². The summed E-state index contributed by atoms with van der Waals surface area (Å²) >= 11 is 0. The summed E-state index contributed by atoms with van der Waals surface area (Å²) in [6.07, 6.45) is 1.79. The maximum absolute atomic E-state index is 13.2. The van der Waals surface area contributed by atoms with Crippen molar-refractivity contribution in [3.63, 3.8) is 0 Å². The van der Waals surface area contributed by atoms with Crippen molar-refractivity contribution < 1.29 is 13.6 Å². The molecule has 0 saturated carbocycles. The van der Waals surface area contributed by atoms with Crippen molar-refractivity contribution in [2.45, 2.75) is 12.8 Å².